The third kappa shape index (κ3) is 2.92. The Hall–Kier alpha value is -1.10. The van der Waals surface area contributed by atoms with Crippen LogP contribution in [0.4, 0.5) is 0 Å². The van der Waals surface area contributed by atoms with Gasteiger partial charge in [0.05, 0.1) is 12.3 Å². The maximum atomic E-state index is 11.0. The van der Waals surface area contributed by atoms with E-state index in [0.29, 0.717) is 26.1 Å². The molecule has 1 aliphatic rings. The van der Waals surface area contributed by atoms with Gasteiger partial charge in [-0.2, -0.15) is 0 Å². The molecule has 1 atom stereocenters. The standard InChI is InChI=1S/C10H16O5/c1-10(2-4-15-5-3-10)7(9(13)14)6-8(11)12/h7H,2-6H2,1H3,(H,11,12)(H,13,14). The second-order valence-corrected chi connectivity index (χ2v) is 4.26. The van der Waals surface area contributed by atoms with E-state index in [0.717, 1.165) is 0 Å². The van der Waals surface area contributed by atoms with Gasteiger partial charge in [0.2, 0.25) is 0 Å². The fourth-order valence-corrected chi connectivity index (χ4v) is 1.99. The Bertz CT molecular complexity index is 255. The first-order valence-electron chi connectivity index (χ1n) is 4.98. The van der Waals surface area contributed by atoms with Gasteiger partial charge in [0.25, 0.3) is 0 Å². The molecule has 86 valence electrons. The van der Waals surface area contributed by atoms with Crippen LogP contribution in [0.2, 0.25) is 0 Å². The molecule has 2 N–H and O–H groups in total. The number of carboxylic acids is 2. The molecule has 1 rings (SSSR count). The summed E-state index contributed by atoms with van der Waals surface area (Å²) in [4.78, 5) is 21.6. The smallest absolute Gasteiger partial charge is 0.307 e. The number of carboxylic acid groups (broad SMARTS) is 2. The van der Waals surface area contributed by atoms with E-state index in [1.165, 1.54) is 0 Å². The van der Waals surface area contributed by atoms with Gasteiger partial charge >= 0.3 is 11.9 Å². The van der Waals surface area contributed by atoms with E-state index < -0.39 is 23.3 Å². The summed E-state index contributed by atoms with van der Waals surface area (Å²) in [6.45, 7) is 2.86. The lowest BCUT2D eigenvalue weighted by Crippen LogP contribution is -2.39. The van der Waals surface area contributed by atoms with Gasteiger partial charge in [-0.3, -0.25) is 9.59 Å². The normalized spacial score (nSPS) is 21.9. The Morgan fingerprint density at radius 3 is 2.27 bits per heavy atom. The van der Waals surface area contributed by atoms with Crippen LogP contribution in [-0.4, -0.2) is 35.4 Å². The van der Waals surface area contributed by atoms with E-state index in [1.807, 2.05) is 6.92 Å². The number of ether oxygens (including phenoxy) is 1. The van der Waals surface area contributed by atoms with Gasteiger partial charge in [-0.25, -0.2) is 0 Å². The summed E-state index contributed by atoms with van der Waals surface area (Å²) < 4.78 is 5.16. The molecule has 0 spiro atoms. The molecule has 0 amide bonds. The lowest BCUT2D eigenvalue weighted by Gasteiger charge is -2.37. The summed E-state index contributed by atoms with van der Waals surface area (Å²) in [6.07, 6.45) is 0.903. The quantitative estimate of drug-likeness (QED) is 0.731. The van der Waals surface area contributed by atoms with Crippen LogP contribution in [0.25, 0.3) is 0 Å². The molecule has 0 saturated carbocycles. The van der Waals surface area contributed by atoms with Crippen molar-refractivity contribution in [3.05, 3.63) is 0 Å². The lowest BCUT2D eigenvalue weighted by atomic mass is 9.70. The number of rotatable bonds is 4. The first-order chi connectivity index (χ1) is 6.96. The molecule has 5 heteroatoms. The van der Waals surface area contributed by atoms with Gasteiger partial charge in [-0.15, -0.1) is 0 Å². The third-order valence-corrected chi connectivity index (χ3v) is 3.15. The number of hydrogen-bond donors (Lipinski definition) is 2. The van der Waals surface area contributed by atoms with Crippen molar-refractivity contribution in [1.82, 2.24) is 0 Å². The van der Waals surface area contributed by atoms with Crippen molar-refractivity contribution < 1.29 is 24.5 Å². The topological polar surface area (TPSA) is 83.8 Å². The molecule has 1 heterocycles. The highest BCUT2D eigenvalue weighted by atomic mass is 16.5. The van der Waals surface area contributed by atoms with Crippen molar-refractivity contribution in [2.75, 3.05) is 13.2 Å². The molecular formula is C10H16O5. The molecule has 1 saturated heterocycles. The van der Waals surface area contributed by atoms with Crippen molar-refractivity contribution in [2.45, 2.75) is 26.2 Å². The molecule has 0 aromatic carbocycles. The van der Waals surface area contributed by atoms with Crippen molar-refractivity contribution >= 4 is 11.9 Å². The van der Waals surface area contributed by atoms with Gasteiger partial charge in [-0.1, -0.05) is 6.92 Å². The molecule has 1 aliphatic heterocycles. The van der Waals surface area contributed by atoms with Crippen molar-refractivity contribution in [1.29, 1.82) is 0 Å². The zero-order chi connectivity index (χ0) is 11.5. The van der Waals surface area contributed by atoms with Crippen LogP contribution in [0.15, 0.2) is 0 Å². The molecule has 0 aromatic rings. The van der Waals surface area contributed by atoms with E-state index in [4.69, 9.17) is 14.9 Å². The Balaban J connectivity index is 2.76. The van der Waals surface area contributed by atoms with Crippen LogP contribution in [0, 0.1) is 11.3 Å². The first-order valence-corrected chi connectivity index (χ1v) is 4.98. The Labute approximate surface area is 88.0 Å². The summed E-state index contributed by atoms with van der Waals surface area (Å²) in [6, 6.07) is 0. The highest BCUT2D eigenvalue weighted by Gasteiger charge is 2.41. The average molecular weight is 216 g/mol. The number of aliphatic carboxylic acids is 2. The molecular weight excluding hydrogens is 200 g/mol. The summed E-state index contributed by atoms with van der Waals surface area (Å²) in [5.41, 5.74) is -0.456. The molecule has 15 heavy (non-hydrogen) atoms. The zero-order valence-electron chi connectivity index (χ0n) is 8.73. The highest BCUT2D eigenvalue weighted by molar-refractivity contribution is 5.78. The summed E-state index contributed by atoms with van der Waals surface area (Å²) in [5, 5.41) is 17.7. The number of hydrogen-bond acceptors (Lipinski definition) is 3. The third-order valence-electron chi connectivity index (χ3n) is 3.15. The molecule has 5 nitrogen and oxygen atoms in total. The van der Waals surface area contributed by atoms with Crippen LogP contribution in [0.5, 0.6) is 0 Å². The molecule has 0 bridgehead atoms. The Morgan fingerprint density at radius 2 is 1.87 bits per heavy atom. The minimum atomic E-state index is -1.06. The first kappa shape index (κ1) is 12.0. The SMILES string of the molecule is CC1(C(CC(=O)O)C(=O)O)CCOCC1. The largest absolute Gasteiger partial charge is 0.481 e. The molecule has 0 aliphatic carbocycles. The van der Waals surface area contributed by atoms with E-state index in [1.54, 1.807) is 0 Å². The van der Waals surface area contributed by atoms with E-state index >= 15 is 0 Å². The number of carbonyl (C=O) groups is 2. The minimum absolute atomic E-state index is 0.314. The fraction of sp³-hybridized carbons (Fsp3) is 0.800. The van der Waals surface area contributed by atoms with Gasteiger partial charge in [0, 0.05) is 13.2 Å². The highest BCUT2D eigenvalue weighted by Crippen LogP contribution is 2.39. The predicted molar refractivity (Wildman–Crippen MR) is 51.5 cm³/mol. The lowest BCUT2D eigenvalue weighted by molar-refractivity contribution is -0.156. The maximum Gasteiger partial charge on any atom is 0.307 e. The summed E-state index contributed by atoms with van der Waals surface area (Å²) in [7, 11) is 0. The van der Waals surface area contributed by atoms with Crippen molar-refractivity contribution in [2.24, 2.45) is 11.3 Å². The predicted octanol–water partition coefficient (Wildman–Crippen LogP) is 0.979. The maximum absolute atomic E-state index is 11.0. The van der Waals surface area contributed by atoms with E-state index in [9.17, 15) is 9.59 Å². The van der Waals surface area contributed by atoms with Gasteiger partial charge in [0.1, 0.15) is 0 Å². The van der Waals surface area contributed by atoms with Crippen molar-refractivity contribution in [3.63, 3.8) is 0 Å². The Kier molecular flexibility index (Phi) is 3.68. The Morgan fingerprint density at radius 1 is 1.33 bits per heavy atom. The fourth-order valence-electron chi connectivity index (χ4n) is 1.99. The van der Waals surface area contributed by atoms with Crippen LogP contribution < -0.4 is 0 Å². The molecule has 0 aromatic heterocycles. The zero-order valence-corrected chi connectivity index (χ0v) is 8.73. The van der Waals surface area contributed by atoms with E-state index in [2.05, 4.69) is 0 Å². The van der Waals surface area contributed by atoms with Crippen LogP contribution in [-0.2, 0) is 14.3 Å². The van der Waals surface area contributed by atoms with Crippen LogP contribution in [0.3, 0.4) is 0 Å². The summed E-state index contributed by atoms with van der Waals surface area (Å²) >= 11 is 0. The second kappa shape index (κ2) is 4.61. The monoisotopic (exact) mass is 216 g/mol. The summed E-state index contributed by atoms with van der Waals surface area (Å²) in [5.74, 6) is -2.91. The van der Waals surface area contributed by atoms with Crippen LogP contribution in [0.1, 0.15) is 26.2 Å². The molecule has 1 unspecified atom stereocenters. The van der Waals surface area contributed by atoms with Gasteiger partial charge < -0.3 is 14.9 Å². The van der Waals surface area contributed by atoms with Crippen molar-refractivity contribution in [3.8, 4) is 0 Å². The minimum Gasteiger partial charge on any atom is -0.481 e. The van der Waals surface area contributed by atoms with Gasteiger partial charge in [0.15, 0.2) is 0 Å². The van der Waals surface area contributed by atoms with Gasteiger partial charge in [-0.05, 0) is 18.3 Å². The van der Waals surface area contributed by atoms with E-state index in [-0.39, 0.29) is 6.42 Å². The molecule has 0 radical (unpaired) electrons. The second-order valence-electron chi connectivity index (χ2n) is 4.26. The molecule has 1 fully saturated rings. The van der Waals surface area contributed by atoms with Crippen LogP contribution >= 0.6 is 0 Å². The average Bonchev–Trinajstić information content (AvgIpc) is 2.14.